The summed E-state index contributed by atoms with van der Waals surface area (Å²) in [5, 5.41) is 12.2. The van der Waals surface area contributed by atoms with Crippen molar-refractivity contribution in [3.05, 3.63) is 23.8 Å². The van der Waals surface area contributed by atoms with Gasteiger partial charge < -0.3 is 19.9 Å². The first-order valence-corrected chi connectivity index (χ1v) is 8.88. The van der Waals surface area contributed by atoms with Crippen LogP contribution in [0.2, 0.25) is 0 Å². The number of benzene rings is 1. The normalized spacial score (nSPS) is 23.3. The topological polar surface area (TPSA) is 84.9 Å². The van der Waals surface area contributed by atoms with Gasteiger partial charge in [0.05, 0.1) is 12.0 Å². The summed E-state index contributed by atoms with van der Waals surface area (Å²) in [4.78, 5) is 23.7. The summed E-state index contributed by atoms with van der Waals surface area (Å²) in [6.07, 6.45) is 1.63. The molecule has 1 aromatic rings. The lowest BCUT2D eigenvalue weighted by molar-refractivity contribution is -0.141. The third kappa shape index (κ3) is 3.89. The van der Waals surface area contributed by atoms with Gasteiger partial charge in [0.15, 0.2) is 11.5 Å². The van der Waals surface area contributed by atoms with Crippen LogP contribution in [-0.4, -0.2) is 30.2 Å². The molecule has 1 aliphatic carbocycles. The molecule has 1 heterocycles. The highest BCUT2D eigenvalue weighted by atomic mass is 16.6. The van der Waals surface area contributed by atoms with Crippen LogP contribution in [0.3, 0.4) is 0 Å². The summed E-state index contributed by atoms with van der Waals surface area (Å²) in [7, 11) is 0. The van der Waals surface area contributed by atoms with Crippen molar-refractivity contribution in [1.29, 1.82) is 0 Å². The van der Waals surface area contributed by atoms with Gasteiger partial charge in [-0.05, 0) is 42.9 Å². The van der Waals surface area contributed by atoms with E-state index in [1.165, 1.54) is 0 Å². The van der Waals surface area contributed by atoms with Crippen molar-refractivity contribution in [2.24, 2.45) is 17.8 Å². The molecule has 25 heavy (non-hydrogen) atoms. The summed E-state index contributed by atoms with van der Waals surface area (Å²) >= 11 is 0. The van der Waals surface area contributed by atoms with Gasteiger partial charge in [-0.1, -0.05) is 19.9 Å². The molecular weight excluding hydrogens is 322 g/mol. The fraction of sp³-hybridized carbons (Fsp3) is 0.579. The molecule has 2 aliphatic rings. The summed E-state index contributed by atoms with van der Waals surface area (Å²) in [6.45, 7) is 5.17. The molecule has 0 saturated heterocycles. The molecule has 1 amide bonds. The maximum absolute atomic E-state index is 12.6. The Bertz CT molecular complexity index is 657. The van der Waals surface area contributed by atoms with Gasteiger partial charge in [0.1, 0.15) is 13.2 Å². The largest absolute Gasteiger partial charge is 0.486 e. The van der Waals surface area contributed by atoms with Crippen molar-refractivity contribution in [1.82, 2.24) is 5.32 Å². The van der Waals surface area contributed by atoms with Crippen LogP contribution in [-0.2, 0) is 9.59 Å². The van der Waals surface area contributed by atoms with Gasteiger partial charge in [0.25, 0.3) is 0 Å². The van der Waals surface area contributed by atoms with Gasteiger partial charge in [-0.15, -0.1) is 0 Å². The number of carbonyl (C=O) groups is 2. The molecule has 1 aromatic carbocycles. The van der Waals surface area contributed by atoms with Crippen LogP contribution in [0.25, 0.3) is 0 Å². The van der Waals surface area contributed by atoms with Gasteiger partial charge in [0.2, 0.25) is 5.91 Å². The zero-order valence-electron chi connectivity index (χ0n) is 14.7. The Hall–Kier alpha value is -2.24. The van der Waals surface area contributed by atoms with Crippen LogP contribution in [0.15, 0.2) is 18.2 Å². The van der Waals surface area contributed by atoms with Gasteiger partial charge in [-0.2, -0.15) is 0 Å². The van der Waals surface area contributed by atoms with Gasteiger partial charge >= 0.3 is 5.97 Å². The first kappa shape index (κ1) is 17.6. The first-order valence-electron chi connectivity index (χ1n) is 8.88. The molecule has 6 nitrogen and oxygen atoms in total. The highest BCUT2D eigenvalue weighted by Crippen LogP contribution is 2.36. The molecule has 0 spiro atoms. The average Bonchev–Trinajstić information content (AvgIpc) is 3.09. The Kier molecular flexibility index (Phi) is 5.16. The predicted molar refractivity (Wildman–Crippen MR) is 91.6 cm³/mol. The predicted octanol–water partition coefficient (Wildman–Crippen LogP) is 2.77. The van der Waals surface area contributed by atoms with Crippen LogP contribution in [0.4, 0.5) is 0 Å². The third-order valence-electron chi connectivity index (χ3n) is 5.04. The second-order valence-electron chi connectivity index (χ2n) is 7.18. The van der Waals surface area contributed by atoms with Crippen LogP contribution in [0, 0.1) is 17.8 Å². The van der Waals surface area contributed by atoms with Crippen molar-refractivity contribution >= 4 is 11.9 Å². The number of aliphatic carboxylic acids is 1. The van der Waals surface area contributed by atoms with Crippen molar-refractivity contribution < 1.29 is 24.2 Å². The number of rotatable bonds is 5. The summed E-state index contributed by atoms with van der Waals surface area (Å²) < 4.78 is 11.2. The van der Waals surface area contributed by atoms with Crippen LogP contribution in [0.5, 0.6) is 11.5 Å². The number of carboxylic acid groups (broad SMARTS) is 1. The minimum absolute atomic E-state index is 0.0580. The molecule has 1 saturated carbocycles. The molecule has 0 radical (unpaired) electrons. The first-order chi connectivity index (χ1) is 12.0. The molecule has 1 aliphatic heterocycles. The van der Waals surface area contributed by atoms with E-state index in [1.54, 1.807) is 0 Å². The Labute approximate surface area is 147 Å². The lowest BCUT2D eigenvalue weighted by atomic mass is 9.94. The van der Waals surface area contributed by atoms with E-state index in [2.05, 4.69) is 19.2 Å². The highest BCUT2D eigenvalue weighted by molar-refractivity contribution is 5.81. The summed E-state index contributed by atoms with van der Waals surface area (Å²) in [6, 6.07) is 5.61. The number of amides is 1. The molecular formula is C19H25NO5. The van der Waals surface area contributed by atoms with Crippen LogP contribution >= 0.6 is 0 Å². The monoisotopic (exact) mass is 347 g/mol. The van der Waals surface area contributed by atoms with E-state index in [4.69, 9.17) is 14.6 Å². The summed E-state index contributed by atoms with van der Waals surface area (Å²) in [5.74, 6) is 0.143. The zero-order chi connectivity index (χ0) is 18.0. The summed E-state index contributed by atoms with van der Waals surface area (Å²) in [5.41, 5.74) is 0.973. The lowest BCUT2D eigenvalue weighted by Crippen LogP contribution is -2.35. The van der Waals surface area contributed by atoms with E-state index >= 15 is 0 Å². The highest BCUT2D eigenvalue weighted by Gasteiger charge is 2.35. The molecule has 1 unspecified atom stereocenters. The van der Waals surface area contributed by atoms with E-state index in [0.717, 1.165) is 11.3 Å². The Morgan fingerprint density at radius 1 is 1.12 bits per heavy atom. The molecule has 1 fully saturated rings. The molecule has 3 rings (SSSR count). The smallest absolute Gasteiger partial charge is 0.306 e. The Morgan fingerprint density at radius 2 is 1.80 bits per heavy atom. The Morgan fingerprint density at radius 3 is 2.44 bits per heavy atom. The minimum Gasteiger partial charge on any atom is -0.486 e. The number of carbonyl (C=O) groups excluding carboxylic acids is 1. The van der Waals surface area contributed by atoms with E-state index in [0.29, 0.717) is 38.2 Å². The number of carboxylic acids is 1. The fourth-order valence-corrected chi connectivity index (χ4v) is 3.60. The van der Waals surface area contributed by atoms with Crippen molar-refractivity contribution in [3.8, 4) is 11.5 Å². The number of ether oxygens (including phenoxy) is 2. The zero-order valence-corrected chi connectivity index (χ0v) is 14.7. The van der Waals surface area contributed by atoms with Gasteiger partial charge in [-0.3, -0.25) is 9.59 Å². The average molecular weight is 347 g/mol. The van der Waals surface area contributed by atoms with Crippen molar-refractivity contribution in [3.63, 3.8) is 0 Å². The Balaban J connectivity index is 1.71. The maximum atomic E-state index is 12.6. The lowest BCUT2D eigenvalue weighted by Gasteiger charge is -2.26. The van der Waals surface area contributed by atoms with Crippen LogP contribution in [0.1, 0.15) is 44.7 Å². The number of hydrogen-bond donors (Lipinski definition) is 2. The van der Waals surface area contributed by atoms with Crippen molar-refractivity contribution in [2.45, 2.75) is 39.2 Å². The van der Waals surface area contributed by atoms with Gasteiger partial charge in [0, 0.05) is 5.92 Å². The van der Waals surface area contributed by atoms with Crippen LogP contribution < -0.4 is 14.8 Å². The van der Waals surface area contributed by atoms with Crippen molar-refractivity contribution in [2.75, 3.05) is 13.2 Å². The number of fused-ring (bicyclic) bond motifs is 1. The minimum atomic E-state index is -0.803. The molecule has 3 atom stereocenters. The second kappa shape index (κ2) is 7.33. The number of nitrogens with one attached hydrogen (secondary N) is 1. The van der Waals surface area contributed by atoms with E-state index < -0.39 is 11.9 Å². The van der Waals surface area contributed by atoms with Gasteiger partial charge in [-0.25, -0.2) is 0 Å². The maximum Gasteiger partial charge on any atom is 0.306 e. The van der Waals surface area contributed by atoms with E-state index in [1.807, 2.05) is 18.2 Å². The van der Waals surface area contributed by atoms with E-state index in [9.17, 15) is 9.59 Å². The molecule has 2 N–H and O–H groups in total. The quantitative estimate of drug-likeness (QED) is 0.855. The SMILES string of the molecule is CC(C)C(NC(=O)[C@@H]1CC[C@H](C(=O)O)C1)c1ccc2c(c1)OCCO2. The molecule has 0 aromatic heterocycles. The molecule has 6 heteroatoms. The fourth-order valence-electron chi connectivity index (χ4n) is 3.60. The second-order valence-corrected chi connectivity index (χ2v) is 7.18. The third-order valence-corrected chi connectivity index (χ3v) is 5.04. The molecule has 136 valence electrons. The standard InChI is InChI=1S/C19H25NO5/c1-11(2)17(12-5-6-15-16(10-12)25-8-7-24-15)20-18(21)13-3-4-14(9-13)19(22)23/h5-6,10-11,13-14,17H,3-4,7-9H2,1-2H3,(H,20,21)(H,22,23)/t13-,14+,17?/m1/s1. The van der Waals surface area contributed by atoms with E-state index in [-0.39, 0.29) is 23.8 Å². The molecule has 0 bridgehead atoms. The number of hydrogen-bond acceptors (Lipinski definition) is 4.